The van der Waals surface area contributed by atoms with Crippen LogP contribution in [0.5, 0.6) is 0 Å². The van der Waals surface area contributed by atoms with E-state index in [2.05, 4.69) is 10.3 Å². The third-order valence-electron chi connectivity index (χ3n) is 3.57. The van der Waals surface area contributed by atoms with Crippen LogP contribution >= 0.6 is 11.3 Å². The molecule has 2 fully saturated rings. The number of likely N-dealkylation sites (tertiary alicyclic amines) is 1. The second-order valence-corrected chi connectivity index (χ2v) is 5.79. The molecular weight excluding hydrogens is 220 g/mol. The molecule has 0 bridgehead atoms. The molecule has 1 aliphatic heterocycles. The van der Waals surface area contributed by atoms with Crippen molar-refractivity contribution in [2.75, 3.05) is 13.2 Å². The Balaban J connectivity index is 1.63. The summed E-state index contributed by atoms with van der Waals surface area (Å²) in [5, 5.41) is 12.8. The predicted molar refractivity (Wildman–Crippen MR) is 64.6 cm³/mol. The van der Waals surface area contributed by atoms with Crippen LogP contribution in [0.3, 0.4) is 0 Å². The van der Waals surface area contributed by atoms with E-state index in [9.17, 15) is 5.11 Å². The Morgan fingerprint density at radius 3 is 3.06 bits per heavy atom. The lowest BCUT2D eigenvalue weighted by molar-refractivity contribution is 0.152. The molecule has 1 N–H and O–H groups in total. The zero-order valence-corrected chi connectivity index (χ0v) is 10.2. The minimum absolute atomic E-state index is 0.291. The Labute approximate surface area is 100 Å². The molecule has 0 aromatic carbocycles. The van der Waals surface area contributed by atoms with Gasteiger partial charge in [-0.2, -0.15) is 0 Å². The predicted octanol–water partition coefficient (Wildman–Crippen LogP) is 1.98. The highest BCUT2D eigenvalue weighted by Crippen LogP contribution is 2.41. The van der Waals surface area contributed by atoms with Gasteiger partial charge in [0.25, 0.3) is 0 Å². The van der Waals surface area contributed by atoms with E-state index in [0.29, 0.717) is 12.6 Å². The Bertz CT molecular complexity index is 362. The summed E-state index contributed by atoms with van der Waals surface area (Å²) in [4.78, 5) is 7.07. The van der Waals surface area contributed by atoms with Crippen molar-refractivity contribution in [1.82, 2.24) is 9.88 Å². The van der Waals surface area contributed by atoms with E-state index < -0.39 is 0 Å². The van der Waals surface area contributed by atoms with E-state index in [1.165, 1.54) is 30.0 Å². The van der Waals surface area contributed by atoms with Gasteiger partial charge in [0, 0.05) is 23.9 Å². The Kier molecular flexibility index (Phi) is 2.96. The van der Waals surface area contributed by atoms with Gasteiger partial charge in [0.05, 0.1) is 17.3 Å². The van der Waals surface area contributed by atoms with Crippen LogP contribution in [0.1, 0.15) is 42.3 Å². The smallest absolute Gasteiger partial charge is 0.0959 e. The number of aliphatic hydroxyl groups is 1. The number of rotatable bonds is 4. The Morgan fingerprint density at radius 2 is 2.31 bits per heavy atom. The fraction of sp³-hybridized carbons (Fsp3) is 0.750. The molecule has 0 amide bonds. The van der Waals surface area contributed by atoms with Crippen molar-refractivity contribution in [1.29, 1.82) is 0 Å². The third kappa shape index (κ3) is 2.14. The van der Waals surface area contributed by atoms with Crippen molar-refractivity contribution in [3.8, 4) is 0 Å². The largest absolute Gasteiger partial charge is 0.395 e. The van der Waals surface area contributed by atoms with E-state index in [-0.39, 0.29) is 0 Å². The van der Waals surface area contributed by atoms with Gasteiger partial charge in [-0.25, -0.2) is 4.98 Å². The summed E-state index contributed by atoms with van der Waals surface area (Å²) >= 11 is 1.81. The highest BCUT2D eigenvalue weighted by atomic mass is 32.1. The van der Waals surface area contributed by atoms with Gasteiger partial charge in [-0.1, -0.05) is 0 Å². The number of thiazole rings is 1. The molecule has 2 heterocycles. The summed E-state index contributed by atoms with van der Waals surface area (Å²) in [6.45, 7) is 2.33. The quantitative estimate of drug-likeness (QED) is 0.871. The van der Waals surface area contributed by atoms with Gasteiger partial charge < -0.3 is 5.11 Å². The zero-order chi connectivity index (χ0) is 11.0. The Morgan fingerprint density at radius 1 is 1.44 bits per heavy atom. The summed E-state index contributed by atoms with van der Waals surface area (Å²) in [5.74, 6) is 0.769. The molecule has 1 unspecified atom stereocenters. The van der Waals surface area contributed by atoms with Crippen molar-refractivity contribution in [2.45, 2.75) is 44.2 Å². The molecular formula is C12H18N2OS. The number of hydrogen-bond donors (Lipinski definition) is 1. The summed E-state index contributed by atoms with van der Waals surface area (Å²) in [6, 6.07) is 0.367. The molecule has 1 aliphatic carbocycles. The van der Waals surface area contributed by atoms with Crippen LogP contribution in [0.15, 0.2) is 5.38 Å². The second kappa shape index (κ2) is 4.43. The minimum atomic E-state index is 0.291. The van der Waals surface area contributed by atoms with Gasteiger partial charge in [-0.15, -0.1) is 11.3 Å². The SMILES string of the molecule is OCC1CCCN1Cc1csc(C2CC2)n1. The first-order valence-electron chi connectivity index (χ1n) is 6.16. The average molecular weight is 238 g/mol. The highest BCUT2D eigenvalue weighted by molar-refractivity contribution is 7.09. The molecule has 1 saturated carbocycles. The third-order valence-corrected chi connectivity index (χ3v) is 4.63. The molecule has 3 rings (SSSR count). The van der Waals surface area contributed by atoms with Crippen LogP contribution in [0.2, 0.25) is 0 Å². The molecule has 0 spiro atoms. The first-order valence-corrected chi connectivity index (χ1v) is 7.04. The van der Waals surface area contributed by atoms with Crippen molar-refractivity contribution in [3.63, 3.8) is 0 Å². The lowest BCUT2D eigenvalue weighted by Gasteiger charge is -2.21. The van der Waals surface area contributed by atoms with Crippen LogP contribution < -0.4 is 0 Å². The van der Waals surface area contributed by atoms with E-state index in [1.54, 1.807) is 0 Å². The molecule has 1 saturated heterocycles. The average Bonchev–Trinajstić information content (AvgIpc) is 2.88. The lowest BCUT2D eigenvalue weighted by Crippen LogP contribution is -2.31. The molecule has 3 nitrogen and oxygen atoms in total. The van der Waals surface area contributed by atoms with Crippen LogP contribution in [0.4, 0.5) is 0 Å². The molecule has 0 radical (unpaired) electrons. The van der Waals surface area contributed by atoms with Gasteiger partial charge in [-0.3, -0.25) is 4.90 Å². The fourth-order valence-corrected chi connectivity index (χ4v) is 3.41. The maximum Gasteiger partial charge on any atom is 0.0959 e. The van der Waals surface area contributed by atoms with Crippen molar-refractivity contribution in [3.05, 3.63) is 16.1 Å². The number of nitrogens with zero attached hydrogens (tertiary/aromatic N) is 2. The van der Waals surface area contributed by atoms with E-state index in [1.807, 2.05) is 11.3 Å². The van der Waals surface area contributed by atoms with Gasteiger partial charge in [0.2, 0.25) is 0 Å². The number of aromatic nitrogens is 1. The minimum Gasteiger partial charge on any atom is -0.395 e. The molecule has 2 aliphatic rings. The van der Waals surface area contributed by atoms with Gasteiger partial charge in [0.1, 0.15) is 0 Å². The first kappa shape index (κ1) is 10.7. The Hall–Kier alpha value is -0.450. The highest BCUT2D eigenvalue weighted by Gasteiger charge is 2.28. The molecule has 88 valence electrons. The molecule has 1 atom stereocenters. The normalized spacial score (nSPS) is 26.4. The van der Waals surface area contributed by atoms with Crippen molar-refractivity contribution in [2.24, 2.45) is 0 Å². The van der Waals surface area contributed by atoms with Crippen LogP contribution in [0, 0.1) is 0 Å². The van der Waals surface area contributed by atoms with E-state index in [0.717, 1.165) is 25.4 Å². The van der Waals surface area contributed by atoms with Gasteiger partial charge in [0.15, 0.2) is 0 Å². The maximum absolute atomic E-state index is 9.26. The molecule has 4 heteroatoms. The zero-order valence-electron chi connectivity index (χ0n) is 9.43. The standard InChI is InChI=1S/C12H18N2OS/c15-7-11-2-1-5-14(11)6-10-8-16-12(13-10)9-3-4-9/h8-9,11,15H,1-7H2. The van der Waals surface area contributed by atoms with Gasteiger partial charge >= 0.3 is 0 Å². The van der Waals surface area contributed by atoms with Crippen LogP contribution in [0.25, 0.3) is 0 Å². The van der Waals surface area contributed by atoms with Gasteiger partial charge in [-0.05, 0) is 32.2 Å². The summed E-state index contributed by atoms with van der Waals surface area (Å²) in [6.07, 6.45) is 5.01. The topological polar surface area (TPSA) is 36.4 Å². The van der Waals surface area contributed by atoms with Crippen molar-refractivity contribution < 1.29 is 5.11 Å². The summed E-state index contributed by atoms with van der Waals surface area (Å²) < 4.78 is 0. The summed E-state index contributed by atoms with van der Waals surface area (Å²) in [5.41, 5.74) is 1.20. The second-order valence-electron chi connectivity index (χ2n) is 4.90. The molecule has 1 aromatic rings. The number of aliphatic hydroxyl groups excluding tert-OH is 1. The lowest BCUT2D eigenvalue weighted by atomic mass is 10.2. The van der Waals surface area contributed by atoms with E-state index in [4.69, 9.17) is 4.98 Å². The number of hydrogen-bond acceptors (Lipinski definition) is 4. The molecule has 16 heavy (non-hydrogen) atoms. The van der Waals surface area contributed by atoms with Crippen molar-refractivity contribution >= 4 is 11.3 Å². The molecule has 1 aromatic heterocycles. The van der Waals surface area contributed by atoms with E-state index >= 15 is 0 Å². The fourth-order valence-electron chi connectivity index (χ4n) is 2.43. The van der Waals surface area contributed by atoms with Crippen LogP contribution in [-0.4, -0.2) is 34.2 Å². The van der Waals surface area contributed by atoms with Crippen LogP contribution in [-0.2, 0) is 6.54 Å². The summed E-state index contributed by atoms with van der Waals surface area (Å²) in [7, 11) is 0. The first-order chi connectivity index (χ1) is 7.86. The maximum atomic E-state index is 9.26. The monoisotopic (exact) mass is 238 g/mol.